The minimum absolute atomic E-state index is 0. The second-order valence-corrected chi connectivity index (χ2v) is 4.32. The fraction of sp³-hybridized carbons (Fsp3) is 0.778. The van der Waals surface area contributed by atoms with Gasteiger partial charge in [0, 0.05) is 6.42 Å². The van der Waals surface area contributed by atoms with Crippen molar-refractivity contribution in [1.29, 1.82) is 0 Å². The maximum Gasteiger partial charge on any atom is 1.00 e. The average molecular weight is 227 g/mol. The third-order valence-electron chi connectivity index (χ3n) is 1.50. The Morgan fingerprint density at radius 3 is 2.12 bits per heavy atom. The van der Waals surface area contributed by atoms with E-state index < -0.39 is 23.3 Å². The first-order valence-corrected chi connectivity index (χ1v) is 4.51. The van der Waals surface area contributed by atoms with Crippen LogP contribution in [0.3, 0.4) is 0 Å². The van der Waals surface area contributed by atoms with Crippen LogP contribution in [0.25, 0.3) is 0 Å². The molecule has 0 aromatic rings. The molecule has 0 aliphatic heterocycles. The van der Waals surface area contributed by atoms with Crippen LogP contribution in [0.15, 0.2) is 0 Å². The van der Waals surface area contributed by atoms with Crippen molar-refractivity contribution >= 4 is 11.9 Å². The Balaban J connectivity index is -0.000000980. The second kappa shape index (κ2) is 6.26. The predicted molar refractivity (Wildman–Crippen MR) is 53.0 cm³/mol. The van der Waals surface area contributed by atoms with E-state index in [1.807, 2.05) is 0 Å². The van der Waals surface area contributed by atoms with E-state index in [0.717, 1.165) is 0 Å². The molecular weight excluding hydrogens is 209 g/mol. The molecule has 0 radical (unpaired) electrons. The van der Waals surface area contributed by atoms with Gasteiger partial charge in [-0.05, 0) is 20.8 Å². The van der Waals surface area contributed by atoms with E-state index in [1.54, 1.807) is 20.8 Å². The van der Waals surface area contributed by atoms with Crippen LogP contribution in [0.4, 0.5) is 0 Å². The summed E-state index contributed by atoms with van der Waals surface area (Å²) in [6, 6.07) is 0. The number of carboxylic acids is 1. The summed E-state index contributed by atoms with van der Waals surface area (Å²) in [4.78, 5) is 21.5. The fourth-order valence-corrected chi connectivity index (χ4v) is 0.792. The molecule has 90 valence electrons. The Morgan fingerprint density at radius 1 is 1.38 bits per heavy atom. The molecule has 16 heavy (non-hydrogen) atoms. The average Bonchev–Trinajstić information content (AvgIpc) is 1.97. The Morgan fingerprint density at radius 2 is 1.81 bits per heavy atom. The molecule has 1 unspecified atom stereocenters. The molecule has 0 amide bonds. The van der Waals surface area contributed by atoms with Gasteiger partial charge in [-0.2, -0.15) is 0 Å². The van der Waals surface area contributed by atoms with Gasteiger partial charge >= 0.3 is 30.8 Å². The topological polar surface area (TPSA) is 110 Å². The Labute approximate surface area is 108 Å². The van der Waals surface area contributed by atoms with Gasteiger partial charge in [0.15, 0.2) is 0 Å². The summed E-state index contributed by atoms with van der Waals surface area (Å²) in [7, 11) is 0. The molecule has 0 bridgehead atoms. The third-order valence-corrected chi connectivity index (χ3v) is 1.50. The molecule has 0 saturated carbocycles. The molecule has 0 aromatic carbocycles. The summed E-state index contributed by atoms with van der Waals surface area (Å²) in [6.45, 7) is 5.07. The van der Waals surface area contributed by atoms with Crippen LogP contribution in [0, 0.1) is 0 Å². The molecule has 7 heteroatoms. The van der Waals surface area contributed by atoms with Crippen molar-refractivity contribution in [2.45, 2.75) is 44.9 Å². The molecule has 0 rings (SSSR count). The zero-order chi connectivity index (χ0) is 12.3. The van der Waals surface area contributed by atoms with Crippen molar-refractivity contribution in [3.8, 4) is 0 Å². The fourth-order valence-electron chi connectivity index (χ4n) is 0.792. The van der Waals surface area contributed by atoms with Crippen molar-refractivity contribution in [1.82, 2.24) is 0 Å². The predicted octanol–water partition coefficient (Wildman–Crippen LogP) is -3.04. The van der Waals surface area contributed by atoms with Crippen LogP contribution in [-0.2, 0) is 14.3 Å². The van der Waals surface area contributed by atoms with Crippen LogP contribution in [0.5, 0.6) is 0 Å². The summed E-state index contributed by atoms with van der Waals surface area (Å²) in [5.41, 5.74) is 2.01. The van der Waals surface area contributed by atoms with Crippen molar-refractivity contribution in [3.63, 3.8) is 0 Å². The van der Waals surface area contributed by atoms with Gasteiger partial charge in [0.2, 0.25) is 5.72 Å². The van der Waals surface area contributed by atoms with Crippen molar-refractivity contribution in [3.05, 3.63) is 0 Å². The number of ether oxygens (including phenoxy) is 1. The van der Waals surface area contributed by atoms with E-state index in [0.29, 0.717) is 0 Å². The van der Waals surface area contributed by atoms with Gasteiger partial charge in [-0.3, -0.25) is 10.5 Å². The van der Waals surface area contributed by atoms with Gasteiger partial charge < -0.3 is 16.4 Å². The van der Waals surface area contributed by atoms with Gasteiger partial charge in [-0.15, -0.1) is 0 Å². The Kier molecular flexibility index (Phi) is 6.98. The monoisotopic (exact) mass is 227 g/mol. The Bertz CT molecular complexity index is 265. The zero-order valence-electron chi connectivity index (χ0n) is 11.1. The number of esters is 1. The SMILES string of the molecule is CC(C)(C)OC(=O)CCC(N)(O)C(=O)O.[H-].[Li+]. The minimum atomic E-state index is -2.38. The normalized spacial score (nSPS) is 14.6. The quantitative estimate of drug-likeness (QED) is 0.267. The number of aliphatic carboxylic acids is 1. The summed E-state index contributed by atoms with van der Waals surface area (Å²) >= 11 is 0. The number of aliphatic hydroxyl groups is 1. The van der Waals surface area contributed by atoms with Gasteiger partial charge in [-0.1, -0.05) is 0 Å². The summed E-state index contributed by atoms with van der Waals surface area (Å²) < 4.78 is 4.91. The van der Waals surface area contributed by atoms with Crippen LogP contribution < -0.4 is 24.6 Å². The standard InChI is InChI=1S/C9H17NO5.Li.H/c1-8(2,3)15-6(11)4-5-9(10,14)7(12)13;;/h14H,4-5,10H2,1-3H3,(H,12,13);;/q;+1;-1. The van der Waals surface area contributed by atoms with E-state index in [9.17, 15) is 9.59 Å². The van der Waals surface area contributed by atoms with Crippen LogP contribution in [0.1, 0.15) is 35.0 Å². The van der Waals surface area contributed by atoms with Gasteiger partial charge in [-0.25, -0.2) is 4.79 Å². The van der Waals surface area contributed by atoms with Crippen LogP contribution in [0.2, 0.25) is 0 Å². The van der Waals surface area contributed by atoms with E-state index in [1.165, 1.54) is 0 Å². The molecule has 0 fully saturated rings. The smallest absolute Gasteiger partial charge is 1.00 e. The number of carboxylic acid groups (broad SMARTS) is 1. The largest absolute Gasteiger partial charge is 1.00 e. The zero-order valence-corrected chi connectivity index (χ0v) is 10.1. The number of nitrogens with two attached hydrogens (primary N) is 1. The molecule has 4 N–H and O–H groups in total. The first-order chi connectivity index (χ1) is 6.54. The molecule has 0 aliphatic rings. The maximum atomic E-state index is 11.1. The number of rotatable bonds is 4. The molecule has 0 aliphatic carbocycles. The van der Waals surface area contributed by atoms with Crippen LogP contribution >= 0.6 is 0 Å². The minimum Gasteiger partial charge on any atom is -1.00 e. The van der Waals surface area contributed by atoms with E-state index in [-0.39, 0.29) is 33.1 Å². The van der Waals surface area contributed by atoms with Gasteiger partial charge in [0.05, 0.1) is 6.42 Å². The van der Waals surface area contributed by atoms with E-state index >= 15 is 0 Å². The molecule has 1 atom stereocenters. The molecule has 6 nitrogen and oxygen atoms in total. The molecule has 0 saturated heterocycles. The molecule has 0 aromatic heterocycles. The molecular formula is C9H18LiNO5. The van der Waals surface area contributed by atoms with Crippen LogP contribution in [-0.4, -0.2) is 33.5 Å². The summed E-state index contributed by atoms with van der Waals surface area (Å²) in [5, 5.41) is 17.6. The maximum absolute atomic E-state index is 11.1. The molecule has 0 heterocycles. The summed E-state index contributed by atoms with van der Waals surface area (Å²) in [5.74, 6) is -2.15. The number of carbonyl (C=O) groups excluding carboxylic acids is 1. The first-order valence-electron chi connectivity index (χ1n) is 4.51. The summed E-state index contributed by atoms with van der Waals surface area (Å²) in [6.07, 6.45) is -0.617. The van der Waals surface area contributed by atoms with E-state index in [2.05, 4.69) is 0 Å². The van der Waals surface area contributed by atoms with E-state index in [4.69, 9.17) is 20.7 Å². The first kappa shape index (κ1) is 17.8. The second-order valence-electron chi connectivity index (χ2n) is 4.32. The number of hydrogen-bond acceptors (Lipinski definition) is 5. The van der Waals surface area contributed by atoms with Crippen molar-refractivity contribution < 1.29 is 44.8 Å². The number of hydrogen-bond donors (Lipinski definition) is 3. The van der Waals surface area contributed by atoms with Crippen molar-refractivity contribution in [2.75, 3.05) is 0 Å². The molecule has 0 spiro atoms. The number of carbonyl (C=O) groups is 2. The van der Waals surface area contributed by atoms with Gasteiger partial charge in [0.1, 0.15) is 5.60 Å². The third kappa shape index (κ3) is 7.71. The van der Waals surface area contributed by atoms with Gasteiger partial charge in [0.25, 0.3) is 0 Å². The van der Waals surface area contributed by atoms with Crippen molar-refractivity contribution in [2.24, 2.45) is 5.73 Å². The Hall–Kier alpha value is -0.543.